The van der Waals surface area contributed by atoms with Gasteiger partial charge in [-0.1, -0.05) is 13.8 Å². The number of nitrogens with one attached hydrogen (secondary N) is 3. The van der Waals surface area contributed by atoms with Crippen molar-refractivity contribution in [1.29, 1.82) is 0 Å². The van der Waals surface area contributed by atoms with Crippen LogP contribution in [0, 0.1) is 5.92 Å². The Kier molecular flexibility index (Phi) is 7.14. The molecule has 0 aliphatic heterocycles. The molecule has 0 radical (unpaired) electrons. The van der Waals surface area contributed by atoms with E-state index in [9.17, 15) is 9.59 Å². The summed E-state index contributed by atoms with van der Waals surface area (Å²) in [7, 11) is 3.00. The molecule has 0 aromatic heterocycles. The maximum atomic E-state index is 12.1. The zero-order valence-electron chi connectivity index (χ0n) is 13.7. The van der Waals surface area contributed by atoms with Crippen LogP contribution in [-0.2, 0) is 4.79 Å². The van der Waals surface area contributed by atoms with E-state index in [2.05, 4.69) is 10.6 Å². The molecule has 8 nitrogen and oxygen atoms in total. The first-order chi connectivity index (χ1) is 10.9. The average Bonchev–Trinajstić information content (AvgIpc) is 2.53. The lowest BCUT2D eigenvalue weighted by molar-refractivity contribution is -0.131. The van der Waals surface area contributed by atoms with Gasteiger partial charge in [0.2, 0.25) is 0 Å². The minimum Gasteiger partial charge on any atom is -0.497 e. The predicted octanol–water partition coefficient (Wildman–Crippen LogP) is 1.75. The maximum absolute atomic E-state index is 12.1. The van der Waals surface area contributed by atoms with Crippen LogP contribution in [0.5, 0.6) is 11.5 Å². The van der Waals surface area contributed by atoms with E-state index in [1.807, 2.05) is 13.8 Å². The van der Waals surface area contributed by atoms with Gasteiger partial charge >= 0.3 is 6.03 Å². The smallest absolute Gasteiger partial charge is 0.319 e. The van der Waals surface area contributed by atoms with Crippen molar-refractivity contribution in [1.82, 2.24) is 10.8 Å². The summed E-state index contributed by atoms with van der Waals surface area (Å²) < 4.78 is 10.3. The summed E-state index contributed by atoms with van der Waals surface area (Å²) >= 11 is 0. The summed E-state index contributed by atoms with van der Waals surface area (Å²) in [5.41, 5.74) is 1.98. The van der Waals surface area contributed by atoms with E-state index in [0.717, 1.165) is 0 Å². The fourth-order valence-electron chi connectivity index (χ4n) is 2.00. The highest BCUT2D eigenvalue weighted by molar-refractivity contribution is 5.94. The van der Waals surface area contributed by atoms with Crippen molar-refractivity contribution in [3.63, 3.8) is 0 Å². The molecule has 0 fully saturated rings. The summed E-state index contributed by atoms with van der Waals surface area (Å²) in [5.74, 6) is 0.500. The normalized spacial score (nSPS) is 11.6. The number of carbonyl (C=O) groups excluding carboxylic acids is 2. The minimum absolute atomic E-state index is 0.160. The van der Waals surface area contributed by atoms with Crippen LogP contribution in [-0.4, -0.2) is 37.4 Å². The number of urea groups is 1. The summed E-state index contributed by atoms with van der Waals surface area (Å²) in [4.78, 5) is 23.7. The van der Waals surface area contributed by atoms with Gasteiger partial charge in [0.25, 0.3) is 5.91 Å². The van der Waals surface area contributed by atoms with Crippen LogP contribution >= 0.6 is 0 Å². The Morgan fingerprint density at radius 2 is 1.91 bits per heavy atom. The molecule has 0 saturated carbocycles. The first-order valence-corrected chi connectivity index (χ1v) is 7.14. The summed E-state index contributed by atoms with van der Waals surface area (Å²) in [6.07, 6.45) is 0.388. The van der Waals surface area contributed by atoms with E-state index < -0.39 is 18.0 Å². The molecule has 8 heteroatoms. The zero-order chi connectivity index (χ0) is 17.4. The Hall–Kier alpha value is -2.48. The molecular weight excluding hydrogens is 302 g/mol. The SMILES string of the molecule is COc1ccc(NC(=O)N[C@@H](CC(C)C)C(=O)NO)c(OC)c1. The maximum Gasteiger partial charge on any atom is 0.319 e. The fourth-order valence-corrected chi connectivity index (χ4v) is 2.00. The van der Waals surface area contributed by atoms with Gasteiger partial charge < -0.3 is 20.1 Å². The highest BCUT2D eigenvalue weighted by Gasteiger charge is 2.22. The lowest BCUT2D eigenvalue weighted by atomic mass is 10.0. The quantitative estimate of drug-likeness (QED) is 0.451. The molecule has 128 valence electrons. The van der Waals surface area contributed by atoms with Crippen LogP contribution in [0.25, 0.3) is 0 Å². The number of carbonyl (C=O) groups is 2. The van der Waals surface area contributed by atoms with Crippen molar-refractivity contribution < 1.29 is 24.3 Å². The van der Waals surface area contributed by atoms with Crippen LogP contribution in [0.1, 0.15) is 20.3 Å². The average molecular weight is 325 g/mol. The van der Waals surface area contributed by atoms with Gasteiger partial charge in [-0.25, -0.2) is 10.3 Å². The first-order valence-electron chi connectivity index (χ1n) is 7.14. The third kappa shape index (κ3) is 5.67. The van der Waals surface area contributed by atoms with Gasteiger partial charge in [0, 0.05) is 6.07 Å². The van der Waals surface area contributed by atoms with Crippen molar-refractivity contribution in [3.05, 3.63) is 18.2 Å². The number of rotatable bonds is 7. The number of hydroxylamine groups is 1. The highest BCUT2D eigenvalue weighted by Crippen LogP contribution is 2.28. The van der Waals surface area contributed by atoms with E-state index in [4.69, 9.17) is 14.7 Å². The van der Waals surface area contributed by atoms with E-state index in [-0.39, 0.29) is 5.92 Å². The van der Waals surface area contributed by atoms with Crippen LogP contribution in [0.3, 0.4) is 0 Å². The number of anilines is 1. The fraction of sp³-hybridized carbons (Fsp3) is 0.467. The van der Waals surface area contributed by atoms with Gasteiger partial charge in [-0.3, -0.25) is 10.0 Å². The minimum atomic E-state index is -0.843. The van der Waals surface area contributed by atoms with E-state index >= 15 is 0 Å². The third-order valence-electron chi connectivity index (χ3n) is 3.10. The second-order valence-corrected chi connectivity index (χ2v) is 5.32. The van der Waals surface area contributed by atoms with Crippen molar-refractivity contribution in [3.8, 4) is 11.5 Å². The van der Waals surface area contributed by atoms with Gasteiger partial charge in [0.1, 0.15) is 17.5 Å². The van der Waals surface area contributed by atoms with Crippen LogP contribution in [0.4, 0.5) is 10.5 Å². The lowest BCUT2D eigenvalue weighted by Gasteiger charge is -2.19. The van der Waals surface area contributed by atoms with E-state index in [0.29, 0.717) is 23.6 Å². The second kappa shape index (κ2) is 8.84. The molecule has 1 rings (SSSR count). The number of hydrogen-bond acceptors (Lipinski definition) is 5. The van der Waals surface area contributed by atoms with E-state index in [1.54, 1.807) is 23.7 Å². The molecule has 0 saturated heterocycles. The van der Waals surface area contributed by atoms with Gasteiger partial charge in [0.05, 0.1) is 19.9 Å². The summed E-state index contributed by atoms with van der Waals surface area (Å²) in [6, 6.07) is 3.50. The molecule has 1 aromatic rings. The van der Waals surface area contributed by atoms with Crippen molar-refractivity contribution in [2.45, 2.75) is 26.3 Å². The number of hydrogen-bond donors (Lipinski definition) is 4. The standard InChI is InChI=1S/C15H23N3O5/c1-9(2)7-12(14(19)18-21)17-15(20)16-11-6-5-10(22-3)8-13(11)23-4/h5-6,8-9,12,21H,7H2,1-4H3,(H,18,19)(H2,16,17,20)/t12-/m0/s1. The van der Waals surface area contributed by atoms with Crippen LogP contribution < -0.4 is 25.6 Å². The Balaban J connectivity index is 2.79. The first kappa shape index (κ1) is 18.6. The molecule has 1 aromatic carbocycles. The molecule has 23 heavy (non-hydrogen) atoms. The molecule has 0 spiro atoms. The Labute approximate surface area is 135 Å². The Morgan fingerprint density at radius 3 is 2.43 bits per heavy atom. The van der Waals surface area contributed by atoms with Gasteiger partial charge in [-0.15, -0.1) is 0 Å². The second-order valence-electron chi connectivity index (χ2n) is 5.32. The van der Waals surface area contributed by atoms with Crippen LogP contribution in [0.15, 0.2) is 18.2 Å². The molecule has 0 aliphatic rings. The summed E-state index contributed by atoms with van der Waals surface area (Å²) in [5, 5.41) is 13.9. The predicted molar refractivity (Wildman–Crippen MR) is 84.9 cm³/mol. The Bertz CT molecular complexity index is 548. The topological polar surface area (TPSA) is 109 Å². The highest BCUT2D eigenvalue weighted by atomic mass is 16.5. The molecular formula is C15H23N3O5. The molecule has 0 unspecified atom stereocenters. The van der Waals surface area contributed by atoms with E-state index in [1.165, 1.54) is 14.2 Å². The monoisotopic (exact) mass is 325 g/mol. The van der Waals surface area contributed by atoms with Crippen molar-refractivity contribution in [2.75, 3.05) is 19.5 Å². The lowest BCUT2D eigenvalue weighted by Crippen LogP contribution is -2.48. The van der Waals surface area contributed by atoms with Crippen molar-refractivity contribution >= 4 is 17.6 Å². The number of amides is 3. The molecule has 0 aliphatic carbocycles. The molecule has 1 atom stereocenters. The zero-order valence-corrected chi connectivity index (χ0v) is 13.7. The Morgan fingerprint density at radius 1 is 1.22 bits per heavy atom. The molecule has 3 amide bonds. The summed E-state index contributed by atoms with van der Waals surface area (Å²) in [6.45, 7) is 3.81. The molecule has 4 N–H and O–H groups in total. The number of ether oxygens (including phenoxy) is 2. The van der Waals surface area contributed by atoms with Crippen LogP contribution in [0.2, 0.25) is 0 Å². The van der Waals surface area contributed by atoms with Gasteiger partial charge in [-0.05, 0) is 24.5 Å². The molecule has 0 heterocycles. The number of benzene rings is 1. The largest absolute Gasteiger partial charge is 0.497 e. The number of methoxy groups -OCH3 is 2. The van der Waals surface area contributed by atoms with Gasteiger partial charge in [0.15, 0.2) is 0 Å². The van der Waals surface area contributed by atoms with Crippen molar-refractivity contribution in [2.24, 2.45) is 5.92 Å². The molecule has 0 bridgehead atoms. The van der Waals surface area contributed by atoms with Gasteiger partial charge in [-0.2, -0.15) is 0 Å². The third-order valence-corrected chi connectivity index (χ3v) is 3.10.